The zero-order chi connectivity index (χ0) is 30.4. The molecule has 3 fully saturated rings. The summed E-state index contributed by atoms with van der Waals surface area (Å²) in [5.41, 5.74) is 5.87. The highest BCUT2D eigenvalue weighted by Crippen LogP contribution is 2.38. The highest BCUT2D eigenvalue weighted by molar-refractivity contribution is 6.30. The van der Waals surface area contributed by atoms with E-state index in [2.05, 4.69) is 32.2 Å². The molecule has 0 spiro atoms. The summed E-state index contributed by atoms with van der Waals surface area (Å²) >= 11 is 6.37. The molecule has 43 heavy (non-hydrogen) atoms. The maximum atomic E-state index is 13.3. The third kappa shape index (κ3) is 5.84. The van der Waals surface area contributed by atoms with Gasteiger partial charge in [-0.25, -0.2) is 14.8 Å². The molecule has 1 unspecified atom stereocenters. The Morgan fingerprint density at radius 3 is 2.44 bits per heavy atom. The first-order valence-corrected chi connectivity index (χ1v) is 15.1. The fourth-order valence-corrected chi connectivity index (χ4v) is 6.83. The number of anilines is 1. The summed E-state index contributed by atoms with van der Waals surface area (Å²) in [7, 11) is 0. The maximum Gasteiger partial charge on any atom is 0.427 e. The van der Waals surface area contributed by atoms with Crippen molar-refractivity contribution in [2.24, 2.45) is 11.8 Å². The lowest BCUT2D eigenvalue weighted by atomic mass is 9.83. The zero-order valence-electron chi connectivity index (χ0n) is 24.3. The molecule has 5 heterocycles. The Morgan fingerprint density at radius 2 is 1.81 bits per heavy atom. The van der Waals surface area contributed by atoms with Crippen LogP contribution in [-0.2, 0) is 16.2 Å². The first kappa shape index (κ1) is 29.5. The quantitative estimate of drug-likeness (QED) is 0.401. The molecule has 230 valence electrons. The largest absolute Gasteiger partial charge is 0.427 e. The summed E-state index contributed by atoms with van der Waals surface area (Å²) in [6, 6.07) is 3.05. The number of hydrogen-bond acceptors (Lipinski definition) is 8. The van der Waals surface area contributed by atoms with Gasteiger partial charge in [-0.05, 0) is 50.7 Å². The lowest BCUT2D eigenvalue weighted by molar-refractivity contribution is -0.144. The van der Waals surface area contributed by atoms with Crippen molar-refractivity contribution in [1.29, 1.82) is 0 Å². The number of piperazine rings is 1. The van der Waals surface area contributed by atoms with Crippen molar-refractivity contribution in [3.8, 4) is 11.3 Å². The van der Waals surface area contributed by atoms with Crippen molar-refractivity contribution < 1.29 is 23.2 Å². The summed E-state index contributed by atoms with van der Waals surface area (Å²) in [5.74, 6) is 0.631. The number of aromatic nitrogens is 4. The summed E-state index contributed by atoms with van der Waals surface area (Å²) in [4.78, 5) is 46.7. The van der Waals surface area contributed by atoms with E-state index >= 15 is 0 Å². The van der Waals surface area contributed by atoms with Gasteiger partial charge in [0.05, 0.1) is 27.4 Å². The second-order valence-corrected chi connectivity index (χ2v) is 12.5. The van der Waals surface area contributed by atoms with Crippen molar-refractivity contribution in [2.75, 3.05) is 18.0 Å². The van der Waals surface area contributed by atoms with Gasteiger partial charge in [0, 0.05) is 49.7 Å². The summed E-state index contributed by atoms with van der Waals surface area (Å²) < 4.78 is 28.8. The number of pyridine rings is 2. The third-order valence-corrected chi connectivity index (χ3v) is 8.96. The third-order valence-electron chi connectivity index (χ3n) is 8.75. The molecular weight excluding hydrogens is 582 g/mol. The van der Waals surface area contributed by atoms with E-state index in [0.29, 0.717) is 51.8 Å². The standard InChI is InChI=1S/C29H35ClF2N8O3/c1-15-4-6-18(7-5-15)14-39-24-21(35-28(39)40-16(2)12-38(13-17(40)3)27(41)25(31)32)9-22(26-36-29(42)43-37-26)34-23(24)19-8-20(30)11-33-10-19/h8-11,15-18,25-26,37H,4-7,12-14H2,1-3H3,(H,36,42)/t15?,16-,17-,18?,26?/m1/s1. The number of carbonyl (C=O) groups is 2. The molecule has 0 radical (unpaired) electrons. The molecule has 0 bridgehead atoms. The van der Waals surface area contributed by atoms with Gasteiger partial charge in [0.2, 0.25) is 5.95 Å². The van der Waals surface area contributed by atoms with Gasteiger partial charge in [0.25, 0.3) is 5.91 Å². The molecule has 3 aromatic heterocycles. The number of fused-ring (bicyclic) bond motifs is 1. The van der Waals surface area contributed by atoms with Crippen LogP contribution in [0.25, 0.3) is 22.3 Å². The number of rotatable bonds is 6. The van der Waals surface area contributed by atoms with E-state index in [9.17, 15) is 18.4 Å². The number of nitrogens with one attached hydrogen (secondary N) is 2. The van der Waals surface area contributed by atoms with Crippen LogP contribution in [0.5, 0.6) is 0 Å². The molecule has 3 aromatic rings. The summed E-state index contributed by atoms with van der Waals surface area (Å²) in [6.07, 6.45) is 3.34. The second kappa shape index (κ2) is 11.8. The fraction of sp³-hybridized carbons (Fsp3) is 0.552. The van der Waals surface area contributed by atoms with E-state index in [-0.39, 0.29) is 25.2 Å². The average Bonchev–Trinajstić information content (AvgIpc) is 3.56. The summed E-state index contributed by atoms with van der Waals surface area (Å²) in [5, 5.41) is 3.15. The van der Waals surface area contributed by atoms with Crippen LogP contribution in [0, 0.1) is 11.8 Å². The minimum absolute atomic E-state index is 0.154. The molecule has 1 aliphatic carbocycles. The second-order valence-electron chi connectivity index (χ2n) is 12.0. The van der Waals surface area contributed by atoms with Gasteiger partial charge in [0.15, 0.2) is 6.17 Å². The molecule has 2 aliphatic heterocycles. The van der Waals surface area contributed by atoms with Gasteiger partial charge in [-0.3, -0.25) is 15.1 Å². The van der Waals surface area contributed by atoms with Crippen LogP contribution in [0.4, 0.5) is 19.5 Å². The number of hydrogen-bond donors (Lipinski definition) is 2. The topological polar surface area (TPSA) is 118 Å². The van der Waals surface area contributed by atoms with Crippen LogP contribution in [-0.4, -0.2) is 68.0 Å². The predicted molar refractivity (Wildman–Crippen MR) is 156 cm³/mol. The lowest BCUT2D eigenvalue weighted by Crippen LogP contribution is -2.59. The van der Waals surface area contributed by atoms with E-state index in [1.807, 2.05) is 19.9 Å². The van der Waals surface area contributed by atoms with Crippen molar-refractivity contribution in [1.82, 2.24) is 35.2 Å². The minimum Gasteiger partial charge on any atom is -0.351 e. The fourth-order valence-electron chi connectivity index (χ4n) is 6.65. The lowest BCUT2D eigenvalue weighted by Gasteiger charge is -2.45. The number of alkyl halides is 2. The summed E-state index contributed by atoms with van der Waals surface area (Å²) in [6.45, 7) is 7.14. The molecule has 2 amide bonds. The highest BCUT2D eigenvalue weighted by Gasteiger charge is 2.38. The van der Waals surface area contributed by atoms with Gasteiger partial charge in [-0.2, -0.15) is 8.78 Å². The molecule has 3 atom stereocenters. The number of amides is 2. The van der Waals surface area contributed by atoms with Crippen molar-refractivity contribution in [3.63, 3.8) is 0 Å². The van der Waals surface area contributed by atoms with Crippen LogP contribution >= 0.6 is 11.6 Å². The molecule has 2 N–H and O–H groups in total. The van der Waals surface area contributed by atoms with Gasteiger partial charge in [-0.15, -0.1) is 5.48 Å². The Kier molecular flexibility index (Phi) is 8.12. The SMILES string of the molecule is CC1CCC(Cn2c(N3[C@H](C)CN(C(=O)C(F)F)C[C@H]3C)nc3cc(C4NOC(=O)N4)nc(-c4cncc(Cl)c4)c32)CC1. The Labute approximate surface area is 252 Å². The van der Waals surface area contributed by atoms with Crippen LogP contribution in [0.15, 0.2) is 24.5 Å². The van der Waals surface area contributed by atoms with E-state index in [1.165, 1.54) is 4.90 Å². The van der Waals surface area contributed by atoms with Crippen molar-refractivity contribution in [3.05, 3.63) is 35.2 Å². The Hall–Kier alpha value is -3.58. The zero-order valence-corrected chi connectivity index (χ0v) is 25.0. The van der Waals surface area contributed by atoms with E-state index in [1.54, 1.807) is 18.5 Å². The first-order valence-electron chi connectivity index (χ1n) is 14.7. The molecule has 2 saturated heterocycles. The smallest absolute Gasteiger partial charge is 0.351 e. The molecule has 0 aromatic carbocycles. The molecule has 14 heteroatoms. The number of imidazole rings is 1. The molecule has 11 nitrogen and oxygen atoms in total. The normalized spacial score (nSPS) is 26.2. The number of nitrogens with zero attached hydrogens (tertiary/aromatic N) is 6. The van der Waals surface area contributed by atoms with E-state index < -0.39 is 24.6 Å². The Balaban J connectivity index is 1.51. The predicted octanol–water partition coefficient (Wildman–Crippen LogP) is 4.91. The van der Waals surface area contributed by atoms with E-state index in [4.69, 9.17) is 26.4 Å². The van der Waals surface area contributed by atoms with Gasteiger partial charge >= 0.3 is 12.5 Å². The van der Waals surface area contributed by atoms with Gasteiger partial charge in [0.1, 0.15) is 0 Å². The van der Waals surface area contributed by atoms with E-state index in [0.717, 1.165) is 31.2 Å². The van der Waals surface area contributed by atoms with Crippen molar-refractivity contribution in [2.45, 2.75) is 77.7 Å². The molecule has 1 saturated carbocycles. The van der Waals surface area contributed by atoms with Gasteiger partial charge < -0.3 is 19.2 Å². The van der Waals surface area contributed by atoms with Crippen LogP contribution in [0.1, 0.15) is 58.3 Å². The minimum atomic E-state index is -3.05. The average molecular weight is 617 g/mol. The Morgan fingerprint density at radius 1 is 1.09 bits per heavy atom. The van der Waals surface area contributed by atoms with Crippen LogP contribution in [0.2, 0.25) is 5.02 Å². The Bertz CT molecular complexity index is 1520. The van der Waals surface area contributed by atoms with Crippen LogP contribution in [0.3, 0.4) is 0 Å². The molecular formula is C29H35ClF2N8O3. The number of carbonyl (C=O) groups excluding carboxylic acids is 2. The monoisotopic (exact) mass is 616 g/mol. The highest BCUT2D eigenvalue weighted by atomic mass is 35.5. The van der Waals surface area contributed by atoms with Crippen LogP contribution < -0.4 is 15.7 Å². The first-order chi connectivity index (χ1) is 20.6. The van der Waals surface area contributed by atoms with Crippen molar-refractivity contribution >= 4 is 40.6 Å². The van der Waals surface area contributed by atoms with Gasteiger partial charge in [-0.1, -0.05) is 31.4 Å². The molecule has 3 aliphatic rings. The molecule has 6 rings (SSSR count). The number of hydroxylamine groups is 1. The number of halogens is 3. The maximum absolute atomic E-state index is 13.3.